The third-order valence-electron chi connectivity index (χ3n) is 3.51. The number of rotatable bonds is 1. The van der Waals surface area contributed by atoms with Crippen LogP contribution in [0.15, 0.2) is 0 Å². The predicted octanol–water partition coefficient (Wildman–Crippen LogP) is -0.486. The lowest BCUT2D eigenvalue weighted by Crippen LogP contribution is -2.72. The molecule has 2 aliphatic rings. The Morgan fingerprint density at radius 3 is 2.42 bits per heavy atom. The monoisotopic (exact) mass is 269 g/mol. The molecule has 7 nitrogen and oxygen atoms in total. The van der Waals surface area contributed by atoms with E-state index in [0.29, 0.717) is 6.54 Å². The zero-order chi connectivity index (χ0) is 14.4. The van der Waals surface area contributed by atoms with E-state index < -0.39 is 23.3 Å². The molecule has 0 bridgehead atoms. The summed E-state index contributed by atoms with van der Waals surface area (Å²) in [6.45, 7) is 7.38. The average molecular weight is 269 g/mol. The minimum absolute atomic E-state index is 0.207. The van der Waals surface area contributed by atoms with Crippen LogP contribution in [0.2, 0.25) is 0 Å². The Bertz CT molecular complexity index is 443. The van der Waals surface area contributed by atoms with Crippen LogP contribution in [0, 0.1) is 5.92 Å². The van der Waals surface area contributed by atoms with Gasteiger partial charge in [0.1, 0.15) is 17.2 Å². The van der Waals surface area contributed by atoms with E-state index >= 15 is 0 Å². The van der Waals surface area contributed by atoms with Gasteiger partial charge in [0.25, 0.3) is 0 Å². The molecule has 7 heteroatoms. The van der Waals surface area contributed by atoms with Gasteiger partial charge in [0.15, 0.2) is 0 Å². The fourth-order valence-corrected chi connectivity index (χ4v) is 2.37. The molecular weight excluding hydrogens is 250 g/mol. The van der Waals surface area contributed by atoms with Crippen LogP contribution in [0.25, 0.3) is 0 Å². The lowest BCUT2D eigenvalue weighted by molar-refractivity contribution is -0.137. The Morgan fingerprint density at radius 2 is 2.05 bits per heavy atom. The van der Waals surface area contributed by atoms with Crippen molar-refractivity contribution in [3.63, 3.8) is 0 Å². The zero-order valence-corrected chi connectivity index (χ0v) is 11.5. The maximum absolute atomic E-state index is 11.9. The standard InChI is InChI=1S/C12H19N3O4/c1-6-7(14-10(18)19-11(2,3)4)8(16)15-12(6)5-13-9(12)17/h6-7H,5H2,1-4H3,(H,13,17)(H,14,18)(H,15,16). The molecule has 0 saturated carbocycles. The van der Waals surface area contributed by atoms with Gasteiger partial charge < -0.3 is 20.7 Å². The minimum atomic E-state index is -0.878. The summed E-state index contributed by atoms with van der Waals surface area (Å²) in [5.74, 6) is -0.878. The molecule has 2 rings (SSSR count). The van der Waals surface area contributed by atoms with E-state index in [-0.39, 0.29) is 17.7 Å². The third-order valence-corrected chi connectivity index (χ3v) is 3.51. The molecule has 0 aromatic carbocycles. The zero-order valence-electron chi connectivity index (χ0n) is 11.5. The van der Waals surface area contributed by atoms with E-state index in [1.165, 1.54) is 0 Å². The van der Waals surface area contributed by atoms with Crippen LogP contribution in [-0.4, -0.2) is 41.6 Å². The van der Waals surface area contributed by atoms with E-state index in [0.717, 1.165) is 0 Å². The van der Waals surface area contributed by atoms with Crippen LogP contribution in [0.1, 0.15) is 27.7 Å². The summed E-state index contributed by atoms with van der Waals surface area (Å²) in [6, 6.07) is -0.749. The van der Waals surface area contributed by atoms with Crippen LogP contribution in [0.3, 0.4) is 0 Å². The van der Waals surface area contributed by atoms with E-state index in [9.17, 15) is 14.4 Å². The minimum Gasteiger partial charge on any atom is -0.444 e. The van der Waals surface area contributed by atoms with Gasteiger partial charge in [0, 0.05) is 5.92 Å². The first kappa shape index (κ1) is 13.6. The van der Waals surface area contributed by atoms with Gasteiger partial charge in [0.2, 0.25) is 11.8 Å². The van der Waals surface area contributed by atoms with Crippen LogP contribution in [0.5, 0.6) is 0 Å². The SMILES string of the molecule is CC1C(NC(=O)OC(C)(C)C)C(=O)NC12CNC2=O. The highest BCUT2D eigenvalue weighted by Gasteiger charge is 2.60. The molecule has 2 aliphatic heterocycles. The van der Waals surface area contributed by atoms with E-state index in [1.54, 1.807) is 27.7 Å². The highest BCUT2D eigenvalue weighted by atomic mass is 16.6. The van der Waals surface area contributed by atoms with Crippen molar-refractivity contribution >= 4 is 17.9 Å². The number of carbonyl (C=O) groups is 3. The molecule has 2 heterocycles. The number of amides is 3. The lowest BCUT2D eigenvalue weighted by Gasteiger charge is -2.40. The van der Waals surface area contributed by atoms with E-state index in [4.69, 9.17) is 4.74 Å². The summed E-state index contributed by atoms with van der Waals surface area (Å²) in [5.41, 5.74) is -1.51. The molecule has 106 valence electrons. The van der Waals surface area contributed by atoms with Gasteiger partial charge in [-0.3, -0.25) is 9.59 Å². The van der Waals surface area contributed by atoms with Gasteiger partial charge in [-0.1, -0.05) is 6.92 Å². The maximum Gasteiger partial charge on any atom is 0.408 e. The number of alkyl carbamates (subject to hydrolysis) is 1. The number of hydrogen-bond acceptors (Lipinski definition) is 4. The smallest absolute Gasteiger partial charge is 0.408 e. The predicted molar refractivity (Wildman–Crippen MR) is 66.2 cm³/mol. The summed E-state index contributed by atoms with van der Waals surface area (Å²) in [4.78, 5) is 35.2. The second-order valence-electron chi connectivity index (χ2n) is 6.06. The highest BCUT2D eigenvalue weighted by molar-refractivity contribution is 6.02. The number of ether oxygens (including phenoxy) is 1. The molecule has 0 aromatic heterocycles. The largest absolute Gasteiger partial charge is 0.444 e. The molecule has 0 aliphatic carbocycles. The number of β-lactam (4-membered cyclic amide) rings is 1. The van der Waals surface area contributed by atoms with Crippen molar-refractivity contribution in [1.82, 2.24) is 16.0 Å². The Labute approximate surface area is 111 Å². The van der Waals surface area contributed by atoms with Gasteiger partial charge in [-0.25, -0.2) is 4.79 Å². The first-order valence-corrected chi connectivity index (χ1v) is 6.25. The van der Waals surface area contributed by atoms with Crippen molar-refractivity contribution in [2.24, 2.45) is 5.92 Å². The molecule has 3 unspecified atom stereocenters. The van der Waals surface area contributed by atoms with Crippen LogP contribution < -0.4 is 16.0 Å². The molecule has 2 saturated heterocycles. The van der Waals surface area contributed by atoms with Gasteiger partial charge in [0.05, 0.1) is 6.54 Å². The van der Waals surface area contributed by atoms with E-state index in [1.807, 2.05) is 0 Å². The second kappa shape index (κ2) is 4.11. The average Bonchev–Trinajstić information content (AvgIpc) is 2.51. The molecule has 1 spiro atoms. The third kappa shape index (κ3) is 2.24. The van der Waals surface area contributed by atoms with Gasteiger partial charge >= 0.3 is 6.09 Å². The van der Waals surface area contributed by atoms with Crippen LogP contribution in [-0.2, 0) is 14.3 Å². The van der Waals surface area contributed by atoms with Crippen molar-refractivity contribution in [2.45, 2.75) is 44.9 Å². The summed E-state index contributed by atoms with van der Waals surface area (Å²) in [6.07, 6.45) is -0.656. The van der Waals surface area contributed by atoms with Crippen molar-refractivity contribution in [3.05, 3.63) is 0 Å². The normalized spacial score (nSPS) is 33.5. The van der Waals surface area contributed by atoms with E-state index in [2.05, 4.69) is 16.0 Å². The summed E-state index contributed by atoms with van der Waals surface area (Å²) < 4.78 is 5.11. The highest BCUT2D eigenvalue weighted by Crippen LogP contribution is 2.32. The molecule has 3 atom stereocenters. The summed E-state index contributed by atoms with van der Waals surface area (Å²) >= 11 is 0. The Hall–Kier alpha value is -1.79. The molecular formula is C12H19N3O4. The topological polar surface area (TPSA) is 96.5 Å². The van der Waals surface area contributed by atoms with Crippen LogP contribution in [0.4, 0.5) is 4.79 Å². The Kier molecular flexibility index (Phi) is 2.95. The van der Waals surface area contributed by atoms with Gasteiger partial charge in [-0.15, -0.1) is 0 Å². The second-order valence-corrected chi connectivity index (χ2v) is 6.06. The summed E-state index contributed by atoms with van der Waals surface area (Å²) in [5, 5.41) is 7.80. The fraction of sp³-hybridized carbons (Fsp3) is 0.750. The van der Waals surface area contributed by atoms with Crippen molar-refractivity contribution in [3.8, 4) is 0 Å². The van der Waals surface area contributed by atoms with Crippen molar-refractivity contribution in [2.75, 3.05) is 6.54 Å². The molecule has 3 N–H and O–H groups in total. The lowest BCUT2D eigenvalue weighted by atomic mass is 9.79. The van der Waals surface area contributed by atoms with Crippen LogP contribution >= 0.6 is 0 Å². The molecule has 3 amide bonds. The summed E-state index contributed by atoms with van der Waals surface area (Å²) in [7, 11) is 0. The van der Waals surface area contributed by atoms with Gasteiger partial charge in [-0.05, 0) is 20.8 Å². The molecule has 2 fully saturated rings. The van der Waals surface area contributed by atoms with Crippen molar-refractivity contribution in [1.29, 1.82) is 0 Å². The Balaban J connectivity index is 2.04. The molecule has 0 radical (unpaired) electrons. The molecule has 0 aromatic rings. The first-order chi connectivity index (χ1) is 8.66. The first-order valence-electron chi connectivity index (χ1n) is 6.25. The van der Waals surface area contributed by atoms with Gasteiger partial charge in [-0.2, -0.15) is 0 Å². The fourth-order valence-electron chi connectivity index (χ4n) is 2.37. The maximum atomic E-state index is 11.9. The Morgan fingerprint density at radius 1 is 1.42 bits per heavy atom. The number of carbonyl (C=O) groups excluding carboxylic acids is 3. The number of nitrogens with one attached hydrogen (secondary N) is 3. The number of hydrogen-bond donors (Lipinski definition) is 3. The molecule has 19 heavy (non-hydrogen) atoms. The quantitative estimate of drug-likeness (QED) is 0.560. The van der Waals surface area contributed by atoms with Crippen molar-refractivity contribution < 1.29 is 19.1 Å².